The number of nitrogens with zero attached hydrogens (tertiary/aromatic N) is 2. The van der Waals surface area contributed by atoms with E-state index in [1.54, 1.807) is 7.11 Å². The maximum atomic E-state index is 12.0. The fraction of sp³-hybridized carbons (Fsp3) is 0.615. The fourth-order valence-electron chi connectivity index (χ4n) is 2.61. The van der Waals surface area contributed by atoms with Crippen molar-refractivity contribution in [1.82, 2.24) is 0 Å². The maximum Gasteiger partial charge on any atom is 0.180 e. The molecule has 1 fully saturated rings. The predicted octanol–water partition coefficient (Wildman–Crippen LogP) is 1.61. The molecule has 1 aliphatic heterocycles. The highest BCUT2D eigenvalue weighted by Crippen LogP contribution is 2.43. The third kappa shape index (κ3) is 3.00. The normalized spacial score (nSPS) is 23.0. The summed E-state index contributed by atoms with van der Waals surface area (Å²) >= 11 is 1.14. The molecular formula is C13H19N3O3S2. The Balaban J connectivity index is 2.52. The number of hydrogen-bond acceptors (Lipinski definition) is 7. The Labute approximate surface area is 129 Å². The van der Waals surface area contributed by atoms with Crippen molar-refractivity contribution in [2.45, 2.75) is 30.3 Å². The van der Waals surface area contributed by atoms with Crippen LogP contribution >= 0.6 is 11.3 Å². The standard InChI is InChI=1S/C13H19N3O3S2/c1-13(19-2)5-4-6-16(8-13)12-11(21(3,17)18)10(15)9(7-14)20-12/h4-6,8,15H2,1-3H3. The molecule has 1 unspecified atom stereocenters. The van der Waals surface area contributed by atoms with Crippen molar-refractivity contribution in [1.29, 1.82) is 5.26 Å². The second kappa shape index (κ2) is 5.48. The van der Waals surface area contributed by atoms with Crippen molar-refractivity contribution >= 4 is 31.9 Å². The first-order valence-corrected chi connectivity index (χ1v) is 9.25. The molecule has 0 amide bonds. The monoisotopic (exact) mass is 329 g/mol. The second-order valence-electron chi connectivity index (χ2n) is 5.54. The van der Waals surface area contributed by atoms with Gasteiger partial charge < -0.3 is 15.4 Å². The van der Waals surface area contributed by atoms with E-state index in [0.717, 1.165) is 37.0 Å². The summed E-state index contributed by atoms with van der Waals surface area (Å²) in [6.45, 7) is 3.31. The first-order chi connectivity index (χ1) is 9.72. The number of nitrogens with two attached hydrogens (primary N) is 1. The molecule has 6 nitrogen and oxygen atoms in total. The quantitative estimate of drug-likeness (QED) is 0.905. The van der Waals surface area contributed by atoms with E-state index in [1.165, 1.54) is 0 Å². The number of nitrogen functional groups attached to an aromatic ring is 1. The largest absolute Gasteiger partial charge is 0.396 e. The van der Waals surface area contributed by atoms with Gasteiger partial charge in [0.25, 0.3) is 0 Å². The minimum Gasteiger partial charge on any atom is -0.396 e. The third-order valence-corrected chi connectivity index (χ3v) is 6.25. The van der Waals surface area contributed by atoms with Crippen molar-refractivity contribution in [3.63, 3.8) is 0 Å². The second-order valence-corrected chi connectivity index (χ2v) is 8.49. The minimum atomic E-state index is -3.49. The van der Waals surface area contributed by atoms with Gasteiger partial charge in [-0.3, -0.25) is 0 Å². The summed E-state index contributed by atoms with van der Waals surface area (Å²) in [6.07, 6.45) is 2.93. The van der Waals surface area contributed by atoms with E-state index in [9.17, 15) is 8.42 Å². The summed E-state index contributed by atoms with van der Waals surface area (Å²) in [6, 6.07) is 1.97. The first kappa shape index (κ1) is 16.1. The summed E-state index contributed by atoms with van der Waals surface area (Å²) < 4.78 is 29.6. The van der Waals surface area contributed by atoms with Crippen LogP contribution in [-0.2, 0) is 14.6 Å². The van der Waals surface area contributed by atoms with Crippen molar-refractivity contribution in [3.8, 4) is 6.07 Å². The smallest absolute Gasteiger partial charge is 0.180 e. The summed E-state index contributed by atoms with van der Waals surface area (Å²) in [4.78, 5) is 2.28. The van der Waals surface area contributed by atoms with Crippen LogP contribution in [0.15, 0.2) is 4.90 Å². The van der Waals surface area contributed by atoms with Gasteiger partial charge in [-0.1, -0.05) is 0 Å². The van der Waals surface area contributed by atoms with Gasteiger partial charge in [-0.25, -0.2) is 8.42 Å². The van der Waals surface area contributed by atoms with Crippen LogP contribution < -0.4 is 10.6 Å². The lowest BCUT2D eigenvalue weighted by Crippen LogP contribution is -2.47. The molecular weight excluding hydrogens is 310 g/mol. The molecule has 2 rings (SSSR count). The Morgan fingerprint density at radius 2 is 2.19 bits per heavy atom. The highest BCUT2D eigenvalue weighted by Gasteiger charge is 2.35. The number of nitriles is 1. The van der Waals surface area contributed by atoms with Crippen molar-refractivity contribution in [2.75, 3.05) is 37.1 Å². The fourth-order valence-corrected chi connectivity index (χ4v) is 5.14. The average Bonchev–Trinajstić information content (AvgIpc) is 2.75. The molecule has 0 radical (unpaired) electrons. The van der Waals surface area contributed by atoms with Gasteiger partial charge in [0.15, 0.2) is 9.84 Å². The molecule has 1 saturated heterocycles. The number of sulfone groups is 1. The minimum absolute atomic E-state index is 0.0599. The Kier molecular flexibility index (Phi) is 4.19. The lowest BCUT2D eigenvalue weighted by atomic mass is 9.95. The number of ether oxygens (including phenoxy) is 1. The Hall–Kier alpha value is -1.30. The molecule has 0 spiro atoms. The van der Waals surface area contributed by atoms with E-state index in [-0.39, 0.29) is 21.1 Å². The Bertz CT molecular complexity index is 690. The summed E-state index contributed by atoms with van der Waals surface area (Å²) in [5, 5.41) is 9.66. The molecule has 2 heterocycles. The van der Waals surface area contributed by atoms with Gasteiger partial charge in [0.05, 0.1) is 11.3 Å². The van der Waals surface area contributed by atoms with Crippen molar-refractivity contribution in [3.05, 3.63) is 4.88 Å². The topological polar surface area (TPSA) is 96.4 Å². The van der Waals surface area contributed by atoms with Crippen LogP contribution in [0.2, 0.25) is 0 Å². The van der Waals surface area contributed by atoms with E-state index in [2.05, 4.69) is 0 Å². The van der Waals surface area contributed by atoms with Gasteiger partial charge in [-0.2, -0.15) is 5.26 Å². The van der Waals surface area contributed by atoms with Crippen LogP contribution in [0.5, 0.6) is 0 Å². The molecule has 0 aromatic carbocycles. The van der Waals surface area contributed by atoms with Crippen molar-refractivity contribution < 1.29 is 13.2 Å². The predicted molar refractivity (Wildman–Crippen MR) is 83.4 cm³/mol. The number of thiophene rings is 1. The number of methoxy groups -OCH3 is 1. The Morgan fingerprint density at radius 3 is 2.71 bits per heavy atom. The van der Waals surface area contributed by atoms with Crippen molar-refractivity contribution in [2.24, 2.45) is 0 Å². The van der Waals surface area contributed by atoms with Crippen LogP contribution in [0.25, 0.3) is 0 Å². The van der Waals surface area contributed by atoms with Crippen LogP contribution in [-0.4, -0.2) is 40.5 Å². The van der Waals surface area contributed by atoms with Crippen LogP contribution in [0.4, 0.5) is 10.7 Å². The summed E-state index contributed by atoms with van der Waals surface area (Å²) in [7, 11) is -1.84. The lowest BCUT2D eigenvalue weighted by molar-refractivity contribution is -0.00460. The molecule has 0 bridgehead atoms. The molecule has 116 valence electrons. The summed E-state index contributed by atoms with van der Waals surface area (Å²) in [5.74, 6) is 0. The number of hydrogen-bond donors (Lipinski definition) is 1. The number of anilines is 2. The molecule has 1 aliphatic rings. The third-order valence-electron chi connectivity index (χ3n) is 3.79. The van der Waals surface area contributed by atoms with Gasteiger partial charge in [-0.05, 0) is 19.8 Å². The van der Waals surface area contributed by atoms with Crippen LogP contribution in [0.1, 0.15) is 24.6 Å². The van der Waals surface area contributed by atoms with E-state index < -0.39 is 9.84 Å². The zero-order valence-corrected chi connectivity index (χ0v) is 14.0. The summed E-state index contributed by atoms with van der Waals surface area (Å²) in [5.41, 5.74) is 5.60. The lowest BCUT2D eigenvalue weighted by Gasteiger charge is -2.40. The molecule has 8 heteroatoms. The van der Waals surface area contributed by atoms with Crippen LogP contribution in [0, 0.1) is 11.3 Å². The van der Waals surface area contributed by atoms with Gasteiger partial charge in [0.2, 0.25) is 0 Å². The van der Waals surface area contributed by atoms with E-state index in [1.807, 2.05) is 17.9 Å². The number of rotatable bonds is 3. The van der Waals surface area contributed by atoms with Gasteiger partial charge in [0.1, 0.15) is 20.8 Å². The van der Waals surface area contributed by atoms with Gasteiger partial charge in [0, 0.05) is 26.5 Å². The van der Waals surface area contributed by atoms with Crippen LogP contribution in [0.3, 0.4) is 0 Å². The van der Waals surface area contributed by atoms with Gasteiger partial charge >= 0.3 is 0 Å². The molecule has 1 aromatic heterocycles. The zero-order chi connectivity index (χ0) is 15.8. The molecule has 1 atom stereocenters. The van der Waals surface area contributed by atoms with Gasteiger partial charge in [-0.15, -0.1) is 11.3 Å². The van der Waals surface area contributed by atoms with E-state index in [0.29, 0.717) is 11.5 Å². The molecule has 21 heavy (non-hydrogen) atoms. The highest BCUT2D eigenvalue weighted by atomic mass is 32.2. The average molecular weight is 329 g/mol. The highest BCUT2D eigenvalue weighted by molar-refractivity contribution is 7.91. The Morgan fingerprint density at radius 1 is 1.52 bits per heavy atom. The number of piperidine rings is 1. The zero-order valence-electron chi connectivity index (χ0n) is 12.3. The molecule has 1 aromatic rings. The molecule has 2 N–H and O–H groups in total. The SMILES string of the molecule is COC1(C)CCCN(c2sc(C#N)c(N)c2S(C)(=O)=O)C1. The van der Waals surface area contributed by atoms with E-state index >= 15 is 0 Å². The first-order valence-electron chi connectivity index (χ1n) is 6.54. The van der Waals surface area contributed by atoms with E-state index in [4.69, 9.17) is 15.7 Å². The maximum absolute atomic E-state index is 12.0. The molecule has 0 aliphatic carbocycles. The molecule has 0 saturated carbocycles.